The normalized spacial score (nSPS) is 10.1. The van der Waals surface area contributed by atoms with Crippen molar-refractivity contribution < 1.29 is 14.2 Å². The molecule has 0 aliphatic carbocycles. The van der Waals surface area contributed by atoms with Crippen LogP contribution in [0.2, 0.25) is 0 Å². The first-order chi connectivity index (χ1) is 9.54. The minimum absolute atomic E-state index is 0.118. The lowest BCUT2D eigenvalue weighted by Crippen LogP contribution is -2.40. The predicted molar refractivity (Wildman–Crippen MR) is 82.9 cm³/mol. The number of carbonyl (C=O) groups excluding carboxylic acids is 2. The second-order valence-electron chi connectivity index (χ2n) is 4.19. The highest BCUT2D eigenvalue weighted by atomic mass is 127. The Hall–Kier alpha value is -1.96. The summed E-state index contributed by atoms with van der Waals surface area (Å²) in [6.45, 7) is 0.118. The minimum atomic E-state index is -0.516. The summed E-state index contributed by atoms with van der Waals surface area (Å²) in [7, 11) is 0. The third-order valence-electron chi connectivity index (χ3n) is 2.58. The van der Waals surface area contributed by atoms with Crippen molar-refractivity contribution in [1.82, 2.24) is 0 Å². The molecule has 0 fully saturated rings. The van der Waals surface area contributed by atoms with Gasteiger partial charge in [-0.05, 0) is 46.9 Å². The Morgan fingerprint density at radius 3 is 2.75 bits per heavy atom. The van der Waals surface area contributed by atoms with Crippen molar-refractivity contribution >= 4 is 40.1 Å². The molecule has 102 valence electrons. The number of nitrogens with zero attached hydrogens (tertiary/aromatic N) is 1. The van der Waals surface area contributed by atoms with Crippen LogP contribution in [-0.2, 0) is 11.3 Å². The molecule has 1 aromatic heterocycles. The van der Waals surface area contributed by atoms with Crippen molar-refractivity contribution in [3.8, 4) is 0 Å². The third kappa shape index (κ3) is 4.02. The van der Waals surface area contributed by atoms with Crippen molar-refractivity contribution in [1.29, 1.82) is 0 Å². The minimum Gasteiger partial charge on any atom is -0.365 e. The quantitative estimate of drug-likeness (QED) is 0.618. The molecule has 1 aromatic carbocycles. The molecular formula is C14H13IN3O2+. The second kappa shape index (κ2) is 6.47. The third-order valence-corrected chi connectivity index (χ3v) is 3.25. The molecule has 0 atom stereocenters. The zero-order valence-corrected chi connectivity index (χ0v) is 12.7. The van der Waals surface area contributed by atoms with Gasteiger partial charge in [0.1, 0.15) is 5.56 Å². The van der Waals surface area contributed by atoms with Crippen molar-refractivity contribution in [2.24, 2.45) is 5.73 Å². The van der Waals surface area contributed by atoms with Gasteiger partial charge >= 0.3 is 0 Å². The standard InChI is InChI=1S/C14H12IN3O2/c15-11-4-1-5-12(7-11)17-13(19)9-18-6-2-3-10(8-18)14(16)20/h1-8H,9H2,(H2-,16,17,19,20)/p+1. The Kier molecular flexibility index (Phi) is 4.67. The summed E-state index contributed by atoms with van der Waals surface area (Å²) in [5, 5.41) is 2.80. The van der Waals surface area contributed by atoms with Gasteiger partial charge < -0.3 is 11.1 Å². The molecule has 0 bridgehead atoms. The number of nitrogens with two attached hydrogens (primary N) is 1. The van der Waals surface area contributed by atoms with Gasteiger partial charge in [0, 0.05) is 15.3 Å². The Morgan fingerprint density at radius 2 is 2.05 bits per heavy atom. The van der Waals surface area contributed by atoms with E-state index in [1.54, 1.807) is 29.1 Å². The summed E-state index contributed by atoms with van der Waals surface area (Å²) in [4.78, 5) is 23.0. The second-order valence-corrected chi connectivity index (χ2v) is 5.43. The fourth-order valence-electron chi connectivity index (χ4n) is 1.70. The molecule has 0 spiro atoms. The largest absolute Gasteiger partial charge is 0.365 e. The lowest BCUT2D eigenvalue weighted by atomic mass is 10.2. The first kappa shape index (κ1) is 14.4. The number of halogens is 1. The number of amides is 2. The van der Waals surface area contributed by atoms with Crippen LogP contribution in [0, 0.1) is 3.57 Å². The fraction of sp³-hybridized carbons (Fsp3) is 0.0714. The van der Waals surface area contributed by atoms with Crippen LogP contribution < -0.4 is 15.6 Å². The van der Waals surface area contributed by atoms with Crippen molar-refractivity contribution in [2.75, 3.05) is 5.32 Å². The van der Waals surface area contributed by atoms with Crippen LogP contribution in [0.5, 0.6) is 0 Å². The lowest BCUT2D eigenvalue weighted by molar-refractivity contribution is -0.684. The van der Waals surface area contributed by atoms with E-state index >= 15 is 0 Å². The molecule has 2 amide bonds. The van der Waals surface area contributed by atoms with Gasteiger partial charge in [0.05, 0.1) is 0 Å². The van der Waals surface area contributed by atoms with Gasteiger partial charge in [0.2, 0.25) is 6.54 Å². The molecule has 6 heteroatoms. The van der Waals surface area contributed by atoms with Crippen molar-refractivity contribution in [3.63, 3.8) is 0 Å². The number of hydrogen-bond donors (Lipinski definition) is 2. The smallest absolute Gasteiger partial charge is 0.290 e. The van der Waals surface area contributed by atoms with Gasteiger partial charge in [0.25, 0.3) is 11.8 Å². The van der Waals surface area contributed by atoms with Crippen LogP contribution in [0.3, 0.4) is 0 Å². The summed E-state index contributed by atoms with van der Waals surface area (Å²) < 4.78 is 2.66. The van der Waals surface area contributed by atoms with Crippen LogP contribution >= 0.6 is 22.6 Å². The van der Waals surface area contributed by atoms with E-state index in [4.69, 9.17) is 5.73 Å². The highest BCUT2D eigenvalue weighted by Crippen LogP contribution is 2.12. The van der Waals surface area contributed by atoms with E-state index in [1.165, 1.54) is 0 Å². The zero-order valence-electron chi connectivity index (χ0n) is 10.5. The number of nitrogens with one attached hydrogen (secondary N) is 1. The first-order valence-electron chi connectivity index (χ1n) is 5.89. The number of aromatic nitrogens is 1. The Balaban J connectivity index is 2.04. The van der Waals surface area contributed by atoms with Crippen LogP contribution in [0.15, 0.2) is 48.8 Å². The van der Waals surface area contributed by atoms with Crippen LogP contribution in [0.25, 0.3) is 0 Å². The van der Waals surface area contributed by atoms with Gasteiger partial charge in [-0.2, -0.15) is 4.57 Å². The van der Waals surface area contributed by atoms with E-state index in [9.17, 15) is 9.59 Å². The number of anilines is 1. The Bertz CT molecular complexity index is 658. The lowest BCUT2D eigenvalue weighted by Gasteiger charge is -2.03. The average molecular weight is 382 g/mol. The first-order valence-corrected chi connectivity index (χ1v) is 6.97. The SMILES string of the molecule is NC(=O)c1ccc[n+](CC(=O)Nc2cccc(I)c2)c1. The molecule has 0 aliphatic heterocycles. The van der Waals surface area contributed by atoms with Gasteiger partial charge in [-0.1, -0.05) is 6.07 Å². The van der Waals surface area contributed by atoms with E-state index in [0.29, 0.717) is 5.56 Å². The molecule has 2 rings (SSSR count). The van der Waals surface area contributed by atoms with Crippen LogP contribution in [0.1, 0.15) is 10.4 Å². The average Bonchev–Trinajstić information content (AvgIpc) is 2.38. The zero-order chi connectivity index (χ0) is 14.5. The summed E-state index contributed by atoms with van der Waals surface area (Å²) in [5.41, 5.74) is 6.31. The number of hydrogen-bond acceptors (Lipinski definition) is 2. The molecule has 2 aromatic rings. The van der Waals surface area contributed by atoms with Gasteiger partial charge in [-0.15, -0.1) is 0 Å². The molecule has 0 aliphatic rings. The highest BCUT2D eigenvalue weighted by Gasteiger charge is 2.12. The number of rotatable bonds is 4. The monoisotopic (exact) mass is 382 g/mol. The molecule has 0 saturated carbocycles. The summed E-state index contributed by atoms with van der Waals surface area (Å²) >= 11 is 2.18. The molecule has 1 heterocycles. The summed E-state index contributed by atoms with van der Waals surface area (Å²) in [5.74, 6) is -0.684. The van der Waals surface area contributed by atoms with E-state index in [1.807, 2.05) is 24.3 Å². The molecule has 0 saturated heterocycles. The maximum Gasteiger partial charge on any atom is 0.290 e. The molecule has 3 N–H and O–H groups in total. The molecule has 0 radical (unpaired) electrons. The number of pyridine rings is 1. The predicted octanol–water partition coefficient (Wildman–Crippen LogP) is 1.32. The summed E-state index contributed by atoms with van der Waals surface area (Å²) in [6.07, 6.45) is 3.26. The highest BCUT2D eigenvalue weighted by molar-refractivity contribution is 14.1. The summed E-state index contributed by atoms with van der Waals surface area (Å²) in [6, 6.07) is 10.8. The molecule has 20 heavy (non-hydrogen) atoms. The van der Waals surface area contributed by atoms with E-state index < -0.39 is 5.91 Å². The van der Waals surface area contributed by atoms with Crippen LogP contribution in [-0.4, -0.2) is 11.8 Å². The van der Waals surface area contributed by atoms with E-state index in [2.05, 4.69) is 27.9 Å². The van der Waals surface area contributed by atoms with E-state index in [0.717, 1.165) is 9.26 Å². The maximum absolute atomic E-state index is 11.9. The Morgan fingerprint density at radius 1 is 1.25 bits per heavy atom. The Labute approximate surface area is 129 Å². The van der Waals surface area contributed by atoms with Crippen molar-refractivity contribution in [2.45, 2.75) is 6.54 Å². The van der Waals surface area contributed by atoms with Gasteiger partial charge in [0.15, 0.2) is 12.4 Å². The number of carbonyl (C=O) groups is 2. The number of primary amides is 1. The van der Waals surface area contributed by atoms with Crippen LogP contribution in [0.4, 0.5) is 5.69 Å². The molecular weight excluding hydrogens is 369 g/mol. The van der Waals surface area contributed by atoms with Gasteiger partial charge in [-0.25, -0.2) is 0 Å². The van der Waals surface area contributed by atoms with E-state index in [-0.39, 0.29) is 12.5 Å². The maximum atomic E-state index is 11.9. The fourth-order valence-corrected chi connectivity index (χ4v) is 2.24. The molecule has 0 unspecified atom stereocenters. The number of benzene rings is 1. The van der Waals surface area contributed by atoms with Crippen molar-refractivity contribution in [3.05, 3.63) is 57.9 Å². The van der Waals surface area contributed by atoms with Gasteiger partial charge in [-0.3, -0.25) is 9.59 Å². The topological polar surface area (TPSA) is 76.1 Å². The molecule has 5 nitrogen and oxygen atoms in total.